The van der Waals surface area contributed by atoms with E-state index in [9.17, 15) is 5.26 Å². The number of alkyl halides is 6. The second-order valence-electron chi connectivity index (χ2n) is 17.4. The zero-order chi connectivity index (χ0) is 50.4. The molecular formula is C62H35F6N5. The van der Waals surface area contributed by atoms with Gasteiger partial charge in [-0.1, -0.05) is 140 Å². The standard InChI is InChI=1S/C62H35F6N5/c1-70-46-21-13-20-42(31-46)44-27-29-58-50(33-44)49-32-43(41-19-12-14-38(30-41)37-69)26-28-57(49)73(58)59-51(47-22-8-10-24-53(47)61(63,64)65)34-45(35-52(59)48-23-9-11-25-54(48)62(66,67)68)60-71-55(39-15-4-2-5-16-39)36-56(72-60)40-17-6-3-7-18-40/h2-36H. The fraction of sp³-hybridized carbons (Fsp3) is 0.0323. The van der Waals surface area contributed by atoms with Crippen molar-refractivity contribution in [2.24, 2.45) is 0 Å². The molecule has 0 aliphatic rings. The van der Waals surface area contributed by atoms with Crippen molar-refractivity contribution in [1.82, 2.24) is 14.5 Å². The van der Waals surface area contributed by atoms with E-state index in [1.165, 1.54) is 36.4 Å². The van der Waals surface area contributed by atoms with Crippen LogP contribution in [0.5, 0.6) is 0 Å². The molecule has 0 spiro atoms. The number of benzene rings is 9. The smallest absolute Gasteiger partial charge is 0.308 e. The van der Waals surface area contributed by atoms with Gasteiger partial charge in [-0.15, -0.1) is 0 Å². The van der Waals surface area contributed by atoms with Crippen LogP contribution in [0.4, 0.5) is 32.0 Å². The SMILES string of the molecule is [C-]#[N+]c1cccc(-c2ccc3c(c2)c2cc(-c4cccc(C#N)c4)ccc2n3-c2c(-c3ccccc3C(F)(F)F)cc(-c3nc(-c4ccccc4)cc(-c4ccccc4)n3)cc2-c2ccccc2C(F)(F)F)c1. The average molecular weight is 964 g/mol. The summed E-state index contributed by atoms with van der Waals surface area (Å²) in [6.07, 6.45) is -9.80. The molecule has 2 heterocycles. The lowest BCUT2D eigenvalue weighted by Crippen LogP contribution is -2.11. The maximum Gasteiger partial charge on any atom is 0.417 e. The van der Waals surface area contributed by atoms with Gasteiger partial charge in [-0.2, -0.15) is 31.6 Å². The van der Waals surface area contributed by atoms with Crippen molar-refractivity contribution < 1.29 is 26.3 Å². The Hall–Kier alpha value is -9.58. The summed E-state index contributed by atoms with van der Waals surface area (Å²) in [5.74, 6) is 0.0704. The Balaban J connectivity index is 1.31. The largest absolute Gasteiger partial charge is 0.417 e. The van der Waals surface area contributed by atoms with Crippen LogP contribution in [-0.2, 0) is 12.4 Å². The summed E-state index contributed by atoms with van der Waals surface area (Å²) in [5, 5.41) is 11.1. The summed E-state index contributed by atoms with van der Waals surface area (Å²) in [4.78, 5) is 13.6. The van der Waals surface area contributed by atoms with E-state index >= 15 is 26.3 Å². The summed E-state index contributed by atoms with van der Waals surface area (Å²) < 4.78 is 95.1. The lowest BCUT2D eigenvalue weighted by molar-refractivity contribution is -0.137. The van der Waals surface area contributed by atoms with Crippen LogP contribution in [0.2, 0.25) is 0 Å². The van der Waals surface area contributed by atoms with E-state index in [0.29, 0.717) is 50.0 Å². The normalized spacial score (nSPS) is 11.7. The Kier molecular flexibility index (Phi) is 11.5. The van der Waals surface area contributed by atoms with Gasteiger partial charge >= 0.3 is 12.4 Å². The van der Waals surface area contributed by atoms with Gasteiger partial charge in [0.15, 0.2) is 11.5 Å². The van der Waals surface area contributed by atoms with Crippen LogP contribution in [-0.4, -0.2) is 14.5 Å². The second-order valence-corrected chi connectivity index (χ2v) is 17.4. The Labute approximate surface area is 415 Å². The number of fused-ring (bicyclic) bond motifs is 3. The minimum absolute atomic E-state index is 0.0363. The van der Waals surface area contributed by atoms with Gasteiger partial charge < -0.3 is 4.57 Å². The third kappa shape index (κ3) is 8.64. The molecule has 0 atom stereocenters. The Morgan fingerprint density at radius 1 is 0.425 bits per heavy atom. The quantitative estimate of drug-likeness (QED) is 0.113. The maximum atomic E-state index is 15.6. The number of aromatic nitrogens is 3. The fourth-order valence-electron chi connectivity index (χ4n) is 9.58. The lowest BCUT2D eigenvalue weighted by Gasteiger charge is -2.24. The van der Waals surface area contributed by atoms with E-state index in [1.807, 2.05) is 97.1 Å². The van der Waals surface area contributed by atoms with E-state index in [4.69, 9.17) is 16.5 Å². The van der Waals surface area contributed by atoms with Gasteiger partial charge in [0.25, 0.3) is 0 Å². The molecule has 11 heteroatoms. The summed E-state index contributed by atoms with van der Waals surface area (Å²) in [7, 11) is 0. The van der Waals surface area contributed by atoms with Crippen molar-refractivity contribution in [2.75, 3.05) is 0 Å². The highest BCUT2D eigenvalue weighted by atomic mass is 19.4. The minimum atomic E-state index is -4.90. The molecular weight excluding hydrogens is 929 g/mol. The van der Waals surface area contributed by atoms with Gasteiger partial charge in [0, 0.05) is 38.6 Å². The monoisotopic (exact) mass is 963 g/mol. The van der Waals surface area contributed by atoms with Crippen LogP contribution in [0.1, 0.15) is 16.7 Å². The highest BCUT2D eigenvalue weighted by Crippen LogP contribution is 2.49. The highest BCUT2D eigenvalue weighted by molar-refractivity contribution is 6.13. The topological polar surface area (TPSA) is 58.9 Å². The van der Waals surface area contributed by atoms with Gasteiger partial charge in [-0.25, -0.2) is 14.8 Å². The first-order valence-corrected chi connectivity index (χ1v) is 22.9. The van der Waals surface area contributed by atoms with Crippen LogP contribution in [0.3, 0.4) is 0 Å². The predicted molar refractivity (Wildman–Crippen MR) is 275 cm³/mol. The molecule has 0 aliphatic carbocycles. The summed E-state index contributed by atoms with van der Waals surface area (Å²) in [6, 6.07) is 60.9. The van der Waals surface area contributed by atoms with Gasteiger partial charge in [0.1, 0.15) is 0 Å². The molecule has 5 nitrogen and oxygen atoms in total. The summed E-state index contributed by atoms with van der Waals surface area (Å²) in [5.41, 5.74) is 4.64. The summed E-state index contributed by atoms with van der Waals surface area (Å²) in [6.45, 7) is 7.69. The predicted octanol–water partition coefficient (Wildman–Crippen LogP) is 17.7. The molecule has 11 aromatic rings. The van der Waals surface area contributed by atoms with Crippen molar-refractivity contribution in [3.8, 4) is 90.2 Å². The number of rotatable bonds is 8. The zero-order valence-electron chi connectivity index (χ0n) is 38.2. The van der Waals surface area contributed by atoms with Crippen LogP contribution < -0.4 is 0 Å². The number of halogens is 6. The number of hydrogen-bond donors (Lipinski definition) is 0. The second kappa shape index (κ2) is 18.3. The molecule has 0 amide bonds. The first-order valence-electron chi connectivity index (χ1n) is 22.9. The van der Waals surface area contributed by atoms with E-state index in [0.717, 1.165) is 39.9 Å². The average Bonchev–Trinajstić information content (AvgIpc) is 3.75. The van der Waals surface area contributed by atoms with E-state index in [-0.39, 0.29) is 39.3 Å². The van der Waals surface area contributed by atoms with Crippen molar-refractivity contribution in [1.29, 1.82) is 5.26 Å². The van der Waals surface area contributed by atoms with E-state index in [1.54, 1.807) is 71.3 Å². The lowest BCUT2D eigenvalue weighted by atomic mass is 9.88. The number of nitriles is 1. The molecule has 0 bridgehead atoms. The van der Waals surface area contributed by atoms with Crippen molar-refractivity contribution in [2.45, 2.75) is 12.4 Å². The Bertz CT molecular complexity index is 3780. The van der Waals surface area contributed by atoms with Crippen LogP contribution >= 0.6 is 0 Å². The zero-order valence-corrected chi connectivity index (χ0v) is 38.2. The van der Waals surface area contributed by atoms with Gasteiger partial charge in [0.05, 0.1) is 57.4 Å². The van der Waals surface area contributed by atoms with Crippen molar-refractivity contribution in [3.05, 3.63) is 240 Å². The maximum absolute atomic E-state index is 15.6. The Morgan fingerprint density at radius 3 is 1.37 bits per heavy atom. The minimum Gasteiger partial charge on any atom is -0.308 e. The molecule has 11 rings (SSSR count). The molecule has 2 aromatic heterocycles. The molecule has 0 fully saturated rings. The molecule has 0 unspecified atom stereocenters. The molecule has 0 N–H and O–H groups in total. The van der Waals surface area contributed by atoms with Gasteiger partial charge in [0.2, 0.25) is 0 Å². The highest BCUT2D eigenvalue weighted by Gasteiger charge is 2.37. The molecule has 0 saturated carbocycles. The van der Waals surface area contributed by atoms with E-state index < -0.39 is 23.5 Å². The molecule has 9 aromatic carbocycles. The third-order valence-electron chi connectivity index (χ3n) is 12.9. The third-order valence-corrected chi connectivity index (χ3v) is 12.9. The summed E-state index contributed by atoms with van der Waals surface area (Å²) >= 11 is 0. The van der Waals surface area contributed by atoms with Crippen LogP contribution in [0.25, 0.3) is 111 Å². The number of nitrogens with zero attached hydrogens (tertiary/aromatic N) is 5. The van der Waals surface area contributed by atoms with Crippen molar-refractivity contribution >= 4 is 27.5 Å². The first kappa shape index (κ1) is 45.8. The molecule has 0 saturated heterocycles. The molecule has 350 valence electrons. The molecule has 0 radical (unpaired) electrons. The van der Waals surface area contributed by atoms with Crippen LogP contribution in [0.15, 0.2) is 212 Å². The number of hydrogen-bond acceptors (Lipinski definition) is 3. The fourth-order valence-corrected chi connectivity index (χ4v) is 9.58. The van der Waals surface area contributed by atoms with E-state index in [2.05, 4.69) is 10.9 Å². The van der Waals surface area contributed by atoms with Gasteiger partial charge in [-0.3, -0.25) is 0 Å². The first-order chi connectivity index (χ1) is 35.4. The molecule has 73 heavy (non-hydrogen) atoms. The van der Waals surface area contributed by atoms with Gasteiger partial charge in [-0.05, 0) is 106 Å². The van der Waals surface area contributed by atoms with Crippen molar-refractivity contribution in [3.63, 3.8) is 0 Å². The Morgan fingerprint density at radius 2 is 0.877 bits per heavy atom. The van der Waals surface area contributed by atoms with Crippen LogP contribution in [0, 0.1) is 17.9 Å². The molecule has 0 aliphatic heterocycles.